The van der Waals surface area contributed by atoms with Crippen LogP contribution in [0.2, 0.25) is 5.02 Å². The number of nitrogens with one attached hydrogen (secondary N) is 1. The molecule has 1 aromatic rings. The standard InChI is InChI=1S/C14H19BrClNO/c1-3-11(6-7-15)9-17-14(18)12-5-4-10(2)13(16)8-12/h4-5,8,11H,3,6-7,9H2,1-2H3,(H,17,18). The fourth-order valence-electron chi connectivity index (χ4n) is 1.68. The molecular weight excluding hydrogens is 314 g/mol. The first-order chi connectivity index (χ1) is 8.58. The Morgan fingerprint density at radius 2 is 2.22 bits per heavy atom. The van der Waals surface area contributed by atoms with Crippen LogP contribution in [0.15, 0.2) is 18.2 Å². The number of benzene rings is 1. The van der Waals surface area contributed by atoms with E-state index in [0.29, 0.717) is 23.0 Å². The van der Waals surface area contributed by atoms with Crippen LogP contribution in [0.5, 0.6) is 0 Å². The van der Waals surface area contributed by atoms with E-state index in [9.17, 15) is 4.79 Å². The number of amides is 1. The van der Waals surface area contributed by atoms with Crippen LogP contribution in [0.3, 0.4) is 0 Å². The highest BCUT2D eigenvalue weighted by Gasteiger charge is 2.10. The van der Waals surface area contributed by atoms with Gasteiger partial charge in [-0.3, -0.25) is 4.79 Å². The lowest BCUT2D eigenvalue weighted by Crippen LogP contribution is -2.29. The molecule has 0 radical (unpaired) electrons. The van der Waals surface area contributed by atoms with Crippen LogP contribution in [0.4, 0.5) is 0 Å². The highest BCUT2D eigenvalue weighted by Crippen LogP contribution is 2.17. The minimum absolute atomic E-state index is 0.0510. The molecular formula is C14H19BrClNO. The molecule has 0 aliphatic heterocycles. The van der Waals surface area contributed by atoms with Crippen molar-refractivity contribution in [3.8, 4) is 0 Å². The molecule has 0 saturated heterocycles. The summed E-state index contributed by atoms with van der Waals surface area (Å²) in [6.07, 6.45) is 2.14. The van der Waals surface area contributed by atoms with Gasteiger partial charge in [0.2, 0.25) is 0 Å². The number of hydrogen-bond donors (Lipinski definition) is 1. The Morgan fingerprint density at radius 1 is 1.50 bits per heavy atom. The lowest BCUT2D eigenvalue weighted by Gasteiger charge is -2.14. The summed E-state index contributed by atoms with van der Waals surface area (Å²) in [6.45, 7) is 4.78. The second kappa shape index (κ2) is 7.80. The van der Waals surface area contributed by atoms with E-state index in [1.165, 1.54) is 0 Å². The molecule has 0 aliphatic carbocycles. The zero-order valence-electron chi connectivity index (χ0n) is 10.8. The first-order valence-corrected chi connectivity index (χ1v) is 7.68. The monoisotopic (exact) mass is 331 g/mol. The van der Waals surface area contributed by atoms with Crippen LogP contribution in [0.1, 0.15) is 35.7 Å². The molecule has 1 unspecified atom stereocenters. The summed E-state index contributed by atoms with van der Waals surface area (Å²) in [5.74, 6) is 0.471. The van der Waals surface area contributed by atoms with Crippen molar-refractivity contribution < 1.29 is 4.79 Å². The number of aryl methyl sites for hydroxylation is 1. The van der Waals surface area contributed by atoms with Gasteiger partial charge in [-0.15, -0.1) is 0 Å². The molecule has 18 heavy (non-hydrogen) atoms. The summed E-state index contributed by atoms with van der Waals surface area (Å²) in [5, 5.41) is 4.57. The van der Waals surface area contributed by atoms with Crippen molar-refractivity contribution >= 4 is 33.4 Å². The van der Waals surface area contributed by atoms with Gasteiger partial charge < -0.3 is 5.32 Å². The normalized spacial score (nSPS) is 12.2. The van der Waals surface area contributed by atoms with E-state index < -0.39 is 0 Å². The highest BCUT2D eigenvalue weighted by molar-refractivity contribution is 9.09. The second-order valence-corrected chi connectivity index (χ2v) is 5.63. The zero-order valence-corrected chi connectivity index (χ0v) is 13.1. The molecule has 0 aliphatic rings. The predicted octanol–water partition coefficient (Wildman–Crippen LogP) is 4.19. The molecule has 1 aromatic carbocycles. The second-order valence-electron chi connectivity index (χ2n) is 4.43. The average molecular weight is 333 g/mol. The van der Waals surface area contributed by atoms with Gasteiger partial charge in [-0.05, 0) is 37.0 Å². The molecule has 0 saturated carbocycles. The van der Waals surface area contributed by atoms with Crippen LogP contribution in [-0.4, -0.2) is 17.8 Å². The minimum atomic E-state index is -0.0510. The van der Waals surface area contributed by atoms with E-state index in [0.717, 1.165) is 23.7 Å². The van der Waals surface area contributed by atoms with Gasteiger partial charge in [0.05, 0.1) is 0 Å². The van der Waals surface area contributed by atoms with E-state index in [4.69, 9.17) is 11.6 Å². The Kier molecular flexibility index (Phi) is 6.72. The quantitative estimate of drug-likeness (QED) is 0.778. The number of alkyl halides is 1. The summed E-state index contributed by atoms with van der Waals surface area (Å²) in [6, 6.07) is 5.40. The van der Waals surface area contributed by atoms with E-state index in [2.05, 4.69) is 28.2 Å². The molecule has 100 valence electrons. The number of rotatable bonds is 6. The molecule has 1 N–H and O–H groups in total. The molecule has 0 heterocycles. The van der Waals surface area contributed by atoms with Crippen LogP contribution in [0.25, 0.3) is 0 Å². The smallest absolute Gasteiger partial charge is 0.251 e. The third-order valence-corrected chi connectivity index (χ3v) is 3.95. The molecule has 0 fully saturated rings. The van der Waals surface area contributed by atoms with Gasteiger partial charge in [0.25, 0.3) is 5.91 Å². The van der Waals surface area contributed by atoms with Crippen molar-refractivity contribution in [3.05, 3.63) is 34.3 Å². The lowest BCUT2D eigenvalue weighted by molar-refractivity contribution is 0.0946. The van der Waals surface area contributed by atoms with Crippen molar-refractivity contribution in [1.82, 2.24) is 5.32 Å². The third kappa shape index (κ3) is 4.62. The lowest BCUT2D eigenvalue weighted by atomic mass is 10.0. The van der Waals surface area contributed by atoms with Crippen molar-refractivity contribution in [1.29, 1.82) is 0 Å². The fraction of sp³-hybridized carbons (Fsp3) is 0.500. The van der Waals surface area contributed by atoms with Gasteiger partial charge >= 0.3 is 0 Å². The van der Waals surface area contributed by atoms with Crippen LogP contribution >= 0.6 is 27.5 Å². The summed E-state index contributed by atoms with van der Waals surface area (Å²) in [4.78, 5) is 12.0. The average Bonchev–Trinajstić information content (AvgIpc) is 2.37. The van der Waals surface area contributed by atoms with Crippen LogP contribution < -0.4 is 5.32 Å². The maximum atomic E-state index is 12.0. The largest absolute Gasteiger partial charge is 0.352 e. The van der Waals surface area contributed by atoms with Gasteiger partial charge in [0, 0.05) is 22.5 Å². The number of carbonyl (C=O) groups is 1. The first-order valence-electron chi connectivity index (χ1n) is 6.18. The number of carbonyl (C=O) groups excluding carboxylic acids is 1. The molecule has 1 rings (SSSR count). The molecule has 1 atom stereocenters. The number of halogens is 2. The first kappa shape index (κ1) is 15.5. The molecule has 0 bridgehead atoms. The van der Waals surface area contributed by atoms with Gasteiger partial charge in [-0.25, -0.2) is 0 Å². The Balaban J connectivity index is 2.57. The minimum Gasteiger partial charge on any atom is -0.352 e. The zero-order chi connectivity index (χ0) is 13.5. The Morgan fingerprint density at radius 3 is 2.78 bits per heavy atom. The van der Waals surface area contributed by atoms with Gasteiger partial charge in [0.1, 0.15) is 0 Å². The molecule has 1 amide bonds. The van der Waals surface area contributed by atoms with Crippen LogP contribution in [-0.2, 0) is 0 Å². The van der Waals surface area contributed by atoms with Gasteiger partial charge in [0.15, 0.2) is 0 Å². The topological polar surface area (TPSA) is 29.1 Å². The number of hydrogen-bond acceptors (Lipinski definition) is 1. The van der Waals surface area contributed by atoms with Crippen molar-refractivity contribution in [3.63, 3.8) is 0 Å². The summed E-state index contributed by atoms with van der Waals surface area (Å²) in [7, 11) is 0. The van der Waals surface area contributed by atoms with Gasteiger partial charge in [-0.1, -0.05) is 46.9 Å². The molecule has 2 nitrogen and oxygen atoms in total. The molecule has 0 aromatic heterocycles. The van der Waals surface area contributed by atoms with Crippen LogP contribution in [0, 0.1) is 12.8 Å². The van der Waals surface area contributed by atoms with Crippen molar-refractivity contribution in [2.45, 2.75) is 26.7 Å². The van der Waals surface area contributed by atoms with E-state index in [1.54, 1.807) is 6.07 Å². The van der Waals surface area contributed by atoms with E-state index in [1.807, 2.05) is 19.1 Å². The molecule has 4 heteroatoms. The summed E-state index contributed by atoms with van der Waals surface area (Å²) >= 11 is 9.44. The predicted molar refractivity (Wildman–Crippen MR) is 80.7 cm³/mol. The van der Waals surface area contributed by atoms with E-state index >= 15 is 0 Å². The SMILES string of the molecule is CCC(CCBr)CNC(=O)c1ccc(C)c(Cl)c1. The van der Waals surface area contributed by atoms with Crippen molar-refractivity contribution in [2.75, 3.05) is 11.9 Å². The van der Waals surface area contributed by atoms with Crippen molar-refractivity contribution in [2.24, 2.45) is 5.92 Å². The summed E-state index contributed by atoms with van der Waals surface area (Å²) < 4.78 is 0. The van der Waals surface area contributed by atoms with Gasteiger partial charge in [-0.2, -0.15) is 0 Å². The maximum Gasteiger partial charge on any atom is 0.251 e. The Hall–Kier alpha value is -0.540. The molecule has 0 spiro atoms. The maximum absolute atomic E-state index is 12.0. The highest BCUT2D eigenvalue weighted by atomic mass is 79.9. The summed E-state index contributed by atoms with van der Waals surface area (Å²) in [5.41, 5.74) is 1.61. The fourth-order valence-corrected chi connectivity index (χ4v) is 2.51. The Labute approximate surface area is 122 Å². The third-order valence-electron chi connectivity index (χ3n) is 3.08. The Bertz CT molecular complexity index is 409. The van der Waals surface area contributed by atoms with E-state index in [-0.39, 0.29) is 5.91 Å².